The van der Waals surface area contributed by atoms with Crippen LogP contribution in [0.15, 0.2) is 22.2 Å². The summed E-state index contributed by atoms with van der Waals surface area (Å²) in [5.41, 5.74) is 3.50. The van der Waals surface area contributed by atoms with Crippen LogP contribution in [0.3, 0.4) is 0 Å². The Morgan fingerprint density at radius 1 is 0.846 bits per heavy atom. The quantitative estimate of drug-likeness (QED) is 0.181. The van der Waals surface area contributed by atoms with E-state index in [9.17, 15) is 8.78 Å². The van der Waals surface area contributed by atoms with Gasteiger partial charge in [-0.1, -0.05) is 85.1 Å². The summed E-state index contributed by atoms with van der Waals surface area (Å²) in [6.45, 7) is 16.3. The summed E-state index contributed by atoms with van der Waals surface area (Å²) in [5, 5.41) is 0. The second kappa shape index (κ2) is 18.8. The maximum absolute atomic E-state index is 13.2. The molecular weight excluding hydrogens is 744 g/mol. The van der Waals surface area contributed by atoms with Crippen LogP contribution in [0, 0.1) is 68.0 Å². The molecule has 0 amide bonds. The van der Waals surface area contributed by atoms with Gasteiger partial charge in [-0.2, -0.15) is 0 Å². The van der Waals surface area contributed by atoms with E-state index in [1.165, 1.54) is 30.0 Å². The zero-order chi connectivity index (χ0) is 28.0. The first-order valence-electron chi connectivity index (χ1n) is 13.7. The molecule has 4 aliphatic rings. The summed E-state index contributed by atoms with van der Waals surface area (Å²) in [4.78, 5) is 0.455. The van der Waals surface area contributed by atoms with Crippen molar-refractivity contribution in [2.75, 3.05) is 0 Å². The average molecular weight is 795 g/mol. The van der Waals surface area contributed by atoms with E-state index in [2.05, 4.69) is 80.3 Å². The van der Waals surface area contributed by atoms with Crippen molar-refractivity contribution in [2.24, 2.45) is 47.3 Å². The SMILES string of the molecule is CC1=Cc2cc(F)cc(Br)c2C1.CC1C(C)C(C)C(C)C1C.CC1CC2CC(F)CC(Br)C2C1.[CH3-].[CH3-].[Cl][Zr+2][Cl]. The Bertz CT molecular complexity index is 854. The average Bonchev–Trinajstić information content (AvgIpc) is 3.43. The zero-order valence-corrected chi connectivity index (χ0v) is 32.5. The van der Waals surface area contributed by atoms with Gasteiger partial charge in [0.25, 0.3) is 0 Å². The third-order valence-corrected chi connectivity index (χ3v) is 11.4. The van der Waals surface area contributed by atoms with Crippen molar-refractivity contribution in [3.05, 3.63) is 54.0 Å². The molecule has 0 spiro atoms. The summed E-state index contributed by atoms with van der Waals surface area (Å²) >= 11 is 6.15. The summed E-state index contributed by atoms with van der Waals surface area (Å²) in [5.74, 6) is 6.77. The van der Waals surface area contributed by atoms with E-state index in [1.54, 1.807) is 6.07 Å². The predicted octanol–water partition coefficient (Wildman–Crippen LogP) is 12.5. The molecule has 0 saturated heterocycles. The zero-order valence-electron chi connectivity index (χ0n) is 25.3. The molecule has 5 rings (SSSR count). The molecule has 0 nitrogen and oxygen atoms in total. The molecular formula is C32H50Br2Cl2F2Zr. The molecule has 0 N–H and O–H groups in total. The first-order chi connectivity index (χ1) is 17.3. The molecule has 224 valence electrons. The Kier molecular flexibility index (Phi) is 19.4. The Morgan fingerprint density at radius 2 is 1.33 bits per heavy atom. The molecule has 4 aliphatic carbocycles. The van der Waals surface area contributed by atoms with Crippen molar-refractivity contribution in [3.63, 3.8) is 0 Å². The van der Waals surface area contributed by atoms with Gasteiger partial charge in [-0.05, 0) is 110 Å². The maximum atomic E-state index is 13.2. The van der Waals surface area contributed by atoms with Crippen LogP contribution >= 0.6 is 48.9 Å². The van der Waals surface area contributed by atoms with Gasteiger partial charge in [0.1, 0.15) is 12.0 Å². The van der Waals surface area contributed by atoms with E-state index in [1.807, 2.05) is 6.08 Å². The van der Waals surface area contributed by atoms with Crippen molar-refractivity contribution in [1.29, 1.82) is 0 Å². The fourth-order valence-electron chi connectivity index (χ4n) is 6.93. The summed E-state index contributed by atoms with van der Waals surface area (Å²) in [6.07, 6.45) is 6.58. The number of hydrogen-bond donors (Lipinski definition) is 0. The summed E-state index contributed by atoms with van der Waals surface area (Å²) in [7, 11) is 9.87. The standard InChI is InChI=1S/C10H16BrF.C10H8BrF.C10H20.2CH3.2ClH.Zr/c2*1-6-2-7-4-8(12)5-10(11)9(7)3-6;1-6-7(2)9(4)10(5)8(6)3;;;;;/h6-10H,2-5H2,1H3;2,4-5H,3H2,1H3;6-10H,1-5H3;2*1H3;2*1H;/q;;;2*-1;;;+4/p-2. The van der Waals surface area contributed by atoms with Crippen molar-refractivity contribution < 1.29 is 29.6 Å². The van der Waals surface area contributed by atoms with Gasteiger partial charge >= 0.3 is 37.9 Å². The van der Waals surface area contributed by atoms with Gasteiger partial charge in [0.15, 0.2) is 0 Å². The van der Waals surface area contributed by atoms with Crippen molar-refractivity contribution >= 4 is 55.0 Å². The van der Waals surface area contributed by atoms with Gasteiger partial charge < -0.3 is 14.9 Å². The van der Waals surface area contributed by atoms with Gasteiger partial charge in [0.2, 0.25) is 0 Å². The number of halogens is 6. The van der Waals surface area contributed by atoms with Crippen molar-refractivity contribution in [1.82, 2.24) is 0 Å². The summed E-state index contributed by atoms with van der Waals surface area (Å²) in [6, 6.07) is 3.10. The van der Waals surface area contributed by atoms with Crippen LogP contribution in [-0.4, -0.2) is 11.0 Å². The molecule has 0 aromatic heterocycles. The van der Waals surface area contributed by atoms with Crippen LogP contribution in [0.1, 0.15) is 85.3 Å². The number of allylic oxidation sites excluding steroid dienone is 1. The van der Waals surface area contributed by atoms with Crippen molar-refractivity contribution in [2.45, 2.75) is 91.6 Å². The number of benzene rings is 1. The molecule has 1 aromatic rings. The first-order valence-corrected chi connectivity index (χ1v) is 21.7. The number of rotatable bonds is 0. The molecule has 0 bridgehead atoms. The Balaban J connectivity index is 0.000000518. The molecule has 0 radical (unpaired) electrons. The molecule has 5 atom stereocenters. The Morgan fingerprint density at radius 3 is 1.82 bits per heavy atom. The molecule has 0 heterocycles. The van der Waals surface area contributed by atoms with Gasteiger partial charge in [-0.3, -0.25) is 0 Å². The Hall–Kier alpha value is 1.24. The van der Waals surface area contributed by atoms with Gasteiger partial charge in [0, 0.05) is 9.30 Å². The number of alkyl halides is 2. The topological polar surface area (TPSA) is 0 Å². The third-order valence-electron chi connectivity index (χ3n) is 9.69. The summed E-state index contributed by atoms with van der Waals surface area (Å²) < 4.78 is 26.9. The molecule has 5 unspecified atom stereocenters. The monoisotopic (exact) mass is 790 g/mol. The van der Waals surface area contributed by atoms with Gasteiger partial charge in [-0.25, -0.2) is 8.78 Å². The fourth-order valence-corrected chi connectivity index (χ4v) is 8.57. The predicted molar refractivity (Wildman–Crippen MR) is 174 cm³/mol. The van der Waals surface area contributed by atoms with Crippen LogP contribution in [0.2, 0.25) is 0 Å². The van der Waals surface area contributed by atoms with Crippen LogP contribution in [0.25, 0.3) is 6.08 Å². The molecule has 3 fully saturated rings. The van der Waals surface area contributed by atoms with Crippen LogP contribution in [0.4, 0.5) is 8.78 Å². The molecule has 0 aliphatic heterocycles. The normalized spacial score (nSPS) is 35.5. The minimum absolute atomic E-state index is 0. The molecule has 1 aromatic carbocycles. The minimum atomic E-state index is -0.826. The van der Waals surface area contributed by atoms with Crippen molar-refractivity contribution in [3.8, 4) is 0 Å². The fraction of sp³-hybridized carbons (Fsp3) is 0.688. The molecule has 3 saturated carbocycles. The van der Waals surface area contributed by atoms with E-state index in [4.69, 9.17) is 17.0 Å². The molecule has 7 heteroatoms. The van der Waals surface area contributed by atoms with E-state index in [0.29, 0.717) is 10.7 Å². The van der Waals surface area contributed by atoms with Crippen LogP contribution in [-0.2, 0) is 27.3 Å². The van der Waals surface area contributed by atoms with E-state index < -0.39 is 27.0 Å². The van der Waals surface area contributed by atoms with E-state index >= 15 is 0 Å². The second-order valence-electron chi connectivity index (χ2n) is 12.1. The second-order valence-corrected chi connectivity index (χ2v) is 17.8. The van der Waals surface area contributed by atoms with Crippen LogP contribution < -0.4 is 0 Å². The Labute approximate surface area is 275 Å². The first kappa shape index (κ1) is 40.2. The van der Waals surface area contributed by atoms with Gasteiger partial charge in [-0.15, -0.1) is 0 Å². The third kappa shape index (κ3) is 11.4. The van der Waals surface area contributed by atoms with E-state index in [0.717, 1.165) is 70.7 Å². The molecule has 39 heavy (non-hydrogen) atoms. The number of hydrogen-bond acceptors (Lipinski definition) is 0. The van der Waals surface area contributed by atoms with Crippen LogP contribution in [0.5, 0.6) is 0 Å². The van der Waals surface area contributed by atoms with Gasteiger partial charge in [0.05, 0.1) is 0 Å². The number of fused-ring (bicyclic) bond motifs is 2. The van der Waals surface area contributed by atoms with E-state index in [-0.39, 0.29) is 20.7 Å².